The molecule has 0 aliphatic rings. The first-order chi connectivity index (χ1) is 12.7. The van der Waals surface area contributed by atoms with Crippen LogP contribution in [0, 0.1) is 6.92 Å². The number of aromatic nitrogens is 4. The summed E-state index contributed by atoms with van der Waals surface area (Å²) >= 11 is 0. The second kappa shape index (κ2) is 6.79. The van der Waals surface area contributed by atoms with Crippen molar-refractivity contribution >= 4 is 5.95 Å². The van der Waals surface area contributed by atoms with Gasteiger partial charge >= 0.3 is 0 Å². The topological polar surface area (TPSA) is 89.9 Å². The Morgan fingerprint density at radius 3 is 2.69 bits per heavy atom. The first-order valence-corrected chi connectivity index (χ1v) is 8.23. The quantitative estimate of drug-likeness (QED) is 0.576. The number of furan rings is 1. The molecule has 7 heteroatoms. The third-order valence-electron chi connectivity index (χ3n) is 3.91. The summed E-state index contributed by atoms with van der Waals surface area (Å²) in [4.78, 5) is 13.4. The predicted molar refractivity (Wildman–Crippen MR) is 96.2 cm³/mol. The van der Waals surface area contributed by atoms with Gasteiger partial charge in [0, 0.05) is 18.5 Å². The lowest BCUT2D eigenvalue weighted by Crippen LogP contribution is -2.11. The average Bonchev–Trinajstić information content (AvgIpc) is 3.34. The number of nitrogens with one attached hydrogen (secondary N) is 1. The van der Waals surface area contributed by atoms with Crippen molar-refractivity contribution in [2.24, 2.45) is 0 Å². The lowest BCUT2D eigenvalue weighted by Gasteiger charge is -2.14. The van der Waals surface area contributed by atoms with Gasteiger partial charge < -0.3 is 14.3 Å². The van der Waals surface area contributed by atoms with Crippen LogP contribution in [0.25, 0.3) is 22.8 Å². The Balaban J connectivity index is 1.71. The van der Waals surface area contributed by atoms with E-state index >= 15 is 0 Å². The van der Waals surface area contributed by atoms with Crippen molar-refractivity contribution < 1.29 is 8.94 Å². The maximum absolute atomic E-state index is 5.54. The van der Waals surface area contributed by atoms with E-state index in [-0.39, 0.29) is 6.04 Å². The molecule has 4 rings (SSSR count). The maximum atomic E-state index is 5.54. The number of anilines is 1. The van der Waals surface area contributed by atoms with Crippen LogP contribution in [0.2, 0.25) is 0 Å². The highest BCUT2D eigenvalue weighted by Gasteiger charge is 2.18. The Morgan fingerprint density at radius 1 is 1.08 bits per heavy atom. The van der Waals surface area contributed by atoms with Crippen molar-refractivity contribution in [3.8, 4) is 22.8 Å². The predicted octanol–water partition coefficient (Wildman–Crippen LogP) is 4.27. The van der Waals surface area contributed by atoms with Crippen molar-refractivity contribution in [1.82, 2.24) is 20.1 Å². The number of nitrogens with zero attached hydrogens (tertiary/aromatic N) is 4. The summed E-state index contributed by atoms with van der Waals surface area (Å²) in [5.74, 6) is 1.71. The van der Waals surface area contributed by atoms with Crippen molar-refractivity contribution in [1.29, 1.82) is 0 Å². The summed E-state index contributed by atoms with van der Waals surface area (Å²) in [6, 6.07) is 11.3. The normalized spacial score (nSPS) is 12.1. The van der Waals surface area contributed by atoms with Gasteiger partial charge in [0.05, 0.1) is 29.3 Å². The van der Waals surface area contributed by atoms with E-state index in [9.17, 15) is 0 Å². The largest absolute Gasteiger partial charge is 0.463 e. The van der Waals surface area contributed by atoms with E-state index in [0.717, 1.165) is 17.0 Å². The van der Waals surface area contributed by atoms with Crippen LogP contribution in [0.15, 0.2) is 64.0 Å². The Bertz CT molecular complexity index is 996. The van der Waals surface area contributed by atoms with Crippen LogP contribution in [0.5, 0.6) is 0 Å². The third kappa shape index (κ3) is 3.19. The van der Waals surface area contributed by atoms with E-state index < -0.39 is 0 Å². The zero-order valence-electron chi connectivity index (χ0n) is 14.4. The standard InChI is InChI=1S/C19H17N5O2/c1-12-10-17(26-24-12)14-11-21-19(23-18(14)16-7-5-9-25-16)22-13(2)15-6-3-4-8-20-15/h3-11,13H,1-2H3,(H,21,22,23)/t13-/m0/s1. The minimum Gasteiger partial charge on any atom is -0.463 e. The lowest BCUT2D eigenvalue weighted by molar-refractivity contribution is 0.427. The van der Waals surface area contributed by atoms with Gasteiger partial charge in [-0.3, -0.25) is 4.98 Å². The highest BCUT2D eigenvalue weighted by molar-refractivity contribution is 5.75. The molecule has 1 N–H and O–H groups in total. The molecule has 0 saturated carbocycles. The van der Waals surface area contributed by atoms with Crippen LogP contribution in [-0.2, 0) is 0 Å². The minimum atomic E-state index is -0.0426. The highest BCUT2D eigenvalue weighted by Crippen LogP contribution is 2.32. The lowest BCUT2D eigenvalue weighted by atomic mass is 10.1. The monoisotopic (exact) mass is 347 g/mol. The molecule has 0 fully saturated rings. The van der Waals surface area contributed by atoms with E-state index in [1.807, 2.05) is 50.2 Å². The molecule has 0 aliphatic carbocycles. The van der Waals surface area contributed by atoms with Crippen LogP contribution in [0.1, 0.15) is 24.4 Å². The second-order valence-corrected chi connectivity index (χ2v) is 5.89. The Kier molecular flexibility index (Phi) is 4.18. The number of rotatable bonds is 5. The SMILES string of the molecule is Cc1cc(-c2cnc(N[C@@H](C)c3ccccn3)nc2-c2ccco2)on1. The van der Waals surface area contributed by atoms with E-state index in [1.165, 1.54) is 0 Å². The van der Waals surface area contributed by atoms with Crippen LogP contribution in [0.4, 0.5) is 5.95 Å². The molecule has 0 spiro atoms. The Morgan fingerprint density at radius 2 is 2.00 bits per heavy atom. The van der Waals surface area contributed by atoms with Gasteiger partial charge in [0.15, 0.2) is 11.5 Å². The summed E-state index contributed by atoms with van der Waals surface area (Å²) in [7, 11) is 0. The number of aryl methyl sites for hydroxylation is 1. The fraction of sp³-hybridized carbons (Fsp3) is 0.158. The van der Waals surface area contributed by atoms with Gasteiger partial charge in [-0.2, -0.15) is 0 Å². The fourth-order valence-electron chi connectivity index (χ4n) is 2.62. The molecule has 0 aromatic carbocycles. The molecule has 0 radical (unpaired) electrons. The molecule has 1 atom stereocenters. The molecule has 0 aliphatic heterocycles. The third-order valence-corrected chi connectivity index (χ3v) is 3.91. The first kappa shape index (κ1) is 16.0. The van der Waals surface area contributed by atoms with Crippen LogP contribution in [-0.4, -0.2) is 20.1 Å². The minimum absolute atomic E-state index is 0.0426. The van der Waals surface area contributed by atoms with Gasteiger partial charge in [-0.15, -0.1) is 0 Å². The van der Waals surface area contributed by atoms with E-state index in [0.29, 0.717) is 23.2 Å². The Hall–Kier alpha value is -3.48. The number of hydrogen-bond donors (Lipinski definition) is 1. The first-order valence-electron chi connectivity index (χ1n) is 8.23. The summed E-state index contributed by atoms with van der Waals surface area (Å²) in [6.45, 7) is 3.87. The zero-order chi connectivity index (χ0) is 17.9. The summed E-state index contributed by atoms with van der Waals surface area (Å²) in [5, 5.41) is 7.21. The average molecular weight is 347 g/mol. The summed E-state index contributed by atoms with van der Waals surface area (Å²) in [6.07, 6.45) is 5.08. The molecular weight excluding hydrogens is 330 g/mol. The summed E-state index contributed by atoms with van der Waals surface area (Å²) in [5.41, 5.74) is 3.05. The van der Waals surface area contributed by atoms with Gasteiger partial charge in [0.25, 0.3) is 0 Å². The zero-order valence-corrected chi connectivity index (χ0v) is 14.4. The molecule has 4 aromatic rings. The van der Waals surface area contributed by atoms with Gasteiger partial charge in [0.1, 0.15) is 5.69 Å². The van der Waals surface area contributed by atoms with Crippen LogP contribution < -0.4 is 5.32 Å². The van der Waals surface area contributed by atoms with Crippen molar-refractivity contribution in [3.05, 3.63) is 66.4 Å². The molecule has 130 valence electrons. The second-order valence-electron chi connectivity index (χ2n) is 5.89. The molecule has 0 amide bonds. The number of pyridine rings is 1. The molecule has 0 saturated heterocycles. The fourth-order valence-corrected chi connectivity index (χ4v) is 2.62. The van der Waals surface area contributed by atoms with Crippen molar-refractivity contribution in [2.45, 2.75) is 19.9 Å². The number of hydrogen-bond acceptors (Lipinski definition) is 7. The molecule has 7 nitrogen and oxygen atoms in total. The van der Waals surface area contributed by atoms with Crippen LogP contribution >= 0.6 is 0 Å². The maximum Gasteiger partial charge on any atom is 0.223 e. The molecule has 0 bridgehead atoms. The molecule has 26 heavy (non-hydrogen) atoms. The van der Waals surface area contributed by atoms with Crippen molar-refractivity contribution in [3.63, 3.8) is 0 Å². The molecular formula is C19H17N5O2. The smallest absolute Gasteiger partial charge is 0.223 e. The van der Waals surface area contributed by atoms with Gasteiger partial charge in [-0.1, -0.05) is 11.2 Å². The van der Waals surface area contributed by atoms with E-state index in [4.69, 9.17) is 8.94 Å². The Labute approximate surface area is 150 Å². The van der Waals surface area contributed by atoms with Gasteiger partial charge in [-0.05, 0) is 38.1 Å². The molecule has 4 heterocycles. The summed E-state index contributed by atoms with van der Waals surface area (Å²) < 4.78 is 10.9. The molecule has 0 unspecified atom stereocenters. The van der Waals surface area contributed by atoms with E-state index in [2.05, 4.69) is 25.4 Å². The van der Waals surface area contributed by atoms with Gasteiger partial charge in [-0.25, -0.2) is 9.97 Å². The highest BCUT2D eigenvalue weighted by atomic mass is 16.5. The molecule has 4 aromatic heterocycles. The van der Waals surface area contributed by atoms with Crippen molar-refractivity contribution in [2.75, 3.05) is 5.32 Å². The van der Waals surface area contributed by atoms with Crippen LogP contribution in [0.3, 0.4) is 0 Å². The van der Waals surface area contributed by atoms with E-state index in [1.54, 1.807) is 18.7 Å². The van der Waals surface area contributed by atoms with Gasteiger partial charge in [0.2, 0.25) is 5.95 Å².